The molecular formula is C17H14Cl2N4OS. The van der Waals surface area contributed by atoms with E-state index < -0.39 is 0 Å². The van der Waals surface area contributed by atoms with Gasteiger partial charge in [0, 0.05) is 10.7 Å². The summed E-state index contributed by atoms with van der Waals surface area (Å²) in [7, 11) is 0. The largest absolute Gasteiger partial charge is 0.345 e. The SMILES string of the molecule is Cc1cccc(-n2c(CNC(=O)c3ccc(Cl)cc3Cl)n[nH]c2=S)c1. The van der Waals surface area contributed by atoms with Gasteiger partial charge in [-0.25, -0.2) is 0 Å². The van der Waals surface area contributed by atoms with E-state index in [4.69, 9.17) is 35.4 Å². The number of rotatable bonds is 4. The predicted octanol–water partition coefficient (Wildman–Crippen LogP) is 4.48. The van der Waals surface area contributed by atoms with Gasteiger partial charge in [-0.1, -0.05) is 35.3 Å². The minimum atomic E-state index is -0.314. The lowest BCUT2D eigenvalue weighted by Gasteiger charge is -2.09. The van der Waals surface area contributed by atoms with Gasteiger partial charge in [0.05, 0.1) is 17.1 Å². The molecule has 8 heteroatoms. The average molecular weight is 393 g/mol. The topological polar surface area (TPSA) is 62.7 Å². The van der Waals surface area contributed by atoms with Gasteiger partial charge in [0.25, 0.3) is 5.91 Å². The zero-order valence-electron chi connectivity index (χ0n) is 13.2. The summed E-state index contributed by atoms with van der Waals surface area (Å²) in [5.74, 6) is 0.278. The number of hydrogen-bond acceptors (Lipinski definition) is 3. The van der Waals surface area contributed by atoms with E-state index in [1.807, 2.05) is 31.2 Å². The third kappa shape index (κ3) is 3.92. The highest BCUT2D eigenvalue weighted by Gasteiger charge is 2.13. The fourth-order valence-electron chi connectivity index (χ4n) is 2.41. The molecule has 0 radical (unpaired) electrons. The second-order valence-electron chi connectivity index (χ2n) is 5.43. The molecule has 1 aromatic heterocycles. The number of H-pyrrole nitrogens is 1. The molecule has 128 valence electrons. The molecule has 0 aliphatic heterocycles. The van der Waals surface area contributed by atoms with Gasteiger partial charge in [0.2, 0.25) is 0 Å². The van der Waals surface area contributed by atoms with Crippen LogP contribution >= 0.6 is 35.4 Å². The molecule has 0 atom stereocenters. The van der Waals surface area contributed by atoms with Gasteiger partial charge in [0.1, 0.15) is 0 Å². The van der Waals surface area contributed by atoms with Crippen molar-refractivity contribution in [3.8, 4) is 5.69 Å². The molecule has 2 N–H and O–H groups in total. The minimum Gasteiger partial charge on any atom is -0.345 e. The second-order valence-corrected chi connectivity index (χ2v) is 6.66. The number of benzene rings is 2. The summed E-state index contributed by atoms with van der Waals surface area (Å²) in [6.07, 6.45) is 0. The van der Waals surface area contributed by atoms with Crippen LogP contribution in [-0.4, -0.2) is 20.7 Å². The molecule has 0 bridgehead atoms. The van der Waals surface area contributed by atoms with Crippen molar-refractivity contribution < 1.29 is 4.79 Å². The summed E-state index contributed by atoms with van der Waals surface area (Å²) >= 11 is 17.2. The fourth-order valence-corrected chi connectivity index (χ4v) is 3.16. The van der Waals surface area contributed by atoms with Crippen molar-refractivity contribution in [2.45, 2.75) is 13.5 Å². The standard InChI is InChI=1S/C17H14Cl2N4OS/c1-10-3-2-4-12(7-10)23-15(21-22-17(23)25)9-20-16(24)13-6-5-11(18)8-14(13)19/h2-8H,9H2,1H3,(H,20,24)(H,22,25). The Morgan fingerprint density at radius 2 is 2.08 bits per heavy atom. The molecule has 0 spiro atoms. The molecule has 3 aromatic rings. The zero-order chi connectivity index (χ0) is 18.0. The van der Waals surface area contributed by atoms with E-state index >= 15 is 0 Å². The number of aryl methyl sites for hydroxylation is 1. The lowest BCUT2D eigenvalue weighted by atomic mass is 10.2. The third-order valence-corrected chi connectivity index (χ3v) is 4.41. The molecule has 0 aliphatic rings. The smallest absolute Gasteiger partial charge is 0.253 e. The second kappa shape index (κ2) is 7.39. The van der Waals surface area contributed by atoms with Crippen LogP contribution in [0.2, 0.25) is 10.0 Å². The van der Waals surface area contributed by atoms with E-state index in [9.17, 15) is 4.79 Å². The number of hydrogen-bond donors (Lipinski definition) is 2. The molecule has 0 saturated heterocycles. The molecule has 1 amide bonds. The number of halogens is 2. The third-order valence-electron chi connectivity index (χ3n) is 3.58. The number of aromatic amines is 1. The van der Waals surface area contributed by atoms with Crippen molar-refractivity contribution >= 4 is 41.3 Å². The summed E-state index contributed by atoms with van der Waals surface area (Å²) in [6, 6.07) is 12.6. The Morgan fingerprint density at radius 1 is 1.28 bits per heavy atom. The first kappa shape index (κ1) is 17.7. The normalized spacial score (nSPS) is 10.7. The fraction of sp³-hybridized carbons (Fsp3) is 0.118. The predicted molar refractivity (Wildman–Crippen MR) is 101 cm³/mol. The molecular weight excluding hydrogens is 379 g/mol. The Kier molecular flexibility index (Phi) is 5.22. The van der Waals surface area contributed by atoms with Crippen molar-refractivity contribution in [2.24, 2.45) is 0 Å². The molecule has 0 unspecified atom stereocenters. The Bertz CT molecular complexity index is 996. The van der Waals surface area contributed by atoms with Gasteiger partial charge in [0.15, 0.2) is 10.6 Å². The first-order valence-electron chi connectivity index (χ1n) is 7.42. The van der Waals surface area contributed by atoms with E-state index in [2.05, 4.69) is 15.5 Å². The molecule has 1 heterocycles. The number of carbonyl (C=O) groups is 1. The quantitative estimate of drug-likeness (QED) is 0.643. The lowest BCUT2D eigenvalue weighted by molar-refractivity contribution is 0.0950. The van der Waals surface area contributed by atoms with E-state index in [-0.39, 0.29) is 12.5 Å². The number of nitrogens with one attached hydrogen (secondary N) is 2. The molecule has 5 nitrogen and oxygen atoms in total. The summed E-state index contributed by atoms with van der Waals surface area (Å²) in [4.78, 5) is 12.3. The van der Waals surface area contributed by atoms with E-state index in [0.29, 0.717) is 26.2 Å². The van der Waals surface area contributed by atoms with Gasteiger partial charge >= 0.3 is 0 Å². The van der Waals surface area contributed by atoms with E-state index in [0.717, 1.165) is 11.3 Å². The number of aromatic nitrogens is 3. The maximum atomic E-state index is 12.3. The summed E-state index contributed by atoms with van der Waals surface area (Å²) in [5, 5.41) is 10.5. The van der Waals surface area contributed by atoms with Crippen LogP contribution in [0.4, 0.5) is 0 Å². The first-order chi connectivity index (χ1) is 12.0. The highest BCUT2D eigenvalue weighted by molar-refractivity contribution is 7.71. The van der Waals surface area contributed by atoms with Gasteiger partial charge in [-0.2, -0.15) is 5.10 Å². The number of carbonyl (C=O) groups excluding carboxylic acids is 1. The summed E-state index contributed by atoms with van der Waals surface area (Å²) < 4.78 is 2.24. The molecule has 2 aromatic carbocycles. The highest BCUT2D eigenvalue weighted by atomic mass is 35.5. The monoisotopic (exact) mass is 392 g/mol. The molecule has 25 heavy (non-hydrogen) atoms. The van der Waals surface area contributed by atoms with Crippen molar-refractivity contribution in [3.05, 3.63) is 74.2 Å². The maximum absolute atomic E-state index is 12.3. The van der Waals surface area contributed by atoms with Crippen molar-refractivity contribution in [1.82, 2.24) is 20.1 Å². The Hall–Kier alpha value is -2.15. The van der Waals surface area contributed by atoms with Crippen LogP contribution in [0.25, 0.3) is 5.69 Å². The van der Waals surface area contributed by atoms with Crippen LogP contribution in [0.1, 0.15) is 21.7 Å². The molecule has 0 aliphatic carbocycles. The van der Waals surface area contributed by atoms with Gasteiger partial charge in [-0.3, -0.25) is 14.5 Å². The molecule has 0 saturated carbocycles. The first-order valence-corrected chi connectivity index (χ1v) is 8.58. The highest BCUT2D eigenvalue weighted by Crippen LogP contribution is 2.21. The van der Waals surface area contributed by atoms with Crippen LogP contribution in [-0.2, 0) is 6.54 Å². The Balaban J connectivity index is 1.83. The Morgan fingerprint density at radius 3 is 2.80 bits per heavy atom. The van der Waals surface area contributed by atoms with E-state index in [1.54, 1.807) is 16.7 Å². The average Bonchev–Trinajstić information content (AvgIpc) is 2.93. The Labute approximate surface area is 159 Å². The van der Waals surface area contributed by atoms with Crippen LogP contribution < -0.4 is 5.32 Å². The zero-order valence-corrected chi connectivity index (χ0v) is 15.5. The van der Waals surface area contributed by atoms with Crippen molar-refractivity contribution in [1.29, 1.82) is 0 Å². The molecule has 0 fully saturated rings. The number of amides is 1. The van der Waals surface area contributed by atoms with Crippen LogP contribution in [0.5, 0.6) is 0 Å². The van der Waals surface area contributed by atoms with E-state index in [1.165, 1.54) is 6.07 Å². The van der Waals surface area contributed by atoms with Crippen LogP contribution in [0, 0.1) is 11.7 Å². The van der Waals surface area contributed by atoms with Gasteiger partial charge in [-0.05, 0) is 55.0 Å². The van der Waals surface area contributed by atoms with Crippen LogP contribution in [0.3, 0.4) is 0 Å². The lowest BCUT2D eigenvalue weighted by Crippen LogP contribution is -2.25. The van der Waals surface area contributed by atoms with Gasteiger partial charge in [-0.15, -0.1) is 0 Å². The van der Waals surface area contributed by atoms with Crippen molar-refractivity contribution in [2.75, 3.05) is 0 Å². The van der Waals surface area contributed by atoms with Gasteiger partial charge < -0.3 is 5.32 Å². The minimum absolute atomic E-state index is 0.193. The van der Waals surface area contributed by atoms with Crippen molar-refractivity contribution in [3.63, 3.8) is 0 Å². The summed E-state index contributed by atoms with van der Waals surface area (Å²) in [6.45, 7) is 2.19. The number of nitrogens with zero attached hydrogens (tertiary/aromatic N) is 2. The van der Waals surface area contributed by atoms with Crippen LogP contribution in [0.15, 0.2) is 42.5 Å². The maximum Gasteiger partial charge on any atom is 0.253 e. The molecule has 3 rings (SSSR count). The summed E-state index contributed by atoms with van der Waals surface area (Å²) in [5.41, 5.74) is 2.33.